The lowest BCUT2D eigenvalue weighted by molar-refractivity contribution is 0.395. The molecular formula is C19H17Cl2N3O2. The van der Waals surface area contributed by atoms with E-state index in [0.717, 1.165) is 47.0 Å². The highest BCUT2D eigenvalue weighted by Crippen LogP contribution is 2.41. The third-order valence-electron chi connectivity index (χ3n) is 4.47. The predicted octanol–water partition coefficient (Wildman–Crippen LogP) is 4.83. The summed E-state index contributed by atoms with van der Waals surface area (Å²) in [5.74, 6) is 2.38. The van der Waals surface area contributed by atoms with Gasteiger partial charge in [-0.25, -0.2) is 4.68 Å². The summed E-state index contributed by atoms with van der Waals surface area (Å²) in [7, 11) is 3.27. The van der Waals surface area contributed by atoms with Crippen LogP contribution in [0.1, 0.15) is 5.56 Å². The van der Waals surface area contributed by atoms with Gasteiger partial charge in [-0.1, -0.05) is 29.3 Å². The third kappa shape index (κ3) is 2.68. The van der Waals surface area contributed by atoms with E-state index in [2.05, 4.69) is 5.32 Å². The van der Waals surface area contributed by atoms with Gasteiger partial charge < -0.3 is 14.8 Å². The number of anilines is 1. The molecule has 5 nitrogen and oxygen atoms in total. The van der Waals surface area contributed by atoms with Gasteiger partial charge in [-0.15, -0.1) is 0 Å². The minimum Gasteiger partial charge on any atom is -0.497 e. The van der Waals surface area contributed by atoms with Gasteiger partial charge in [0, 0.05) is 23.7 Å². The molecule has 0 bridgehead atoms. The Kier molecular flexibility index (Phi) is 4.42. The molecule has 0 radical (unpaired) electrons. The monoisotopic (exact) mass is 389 g/mol. The maximum atomic E-state index is 6.42. The molecule has 1 N–H and O–H groups in total. The lowest BCUT2D eigenvalue weighted by Crippen LogP contribution is -2.05. The second-order valence-electron chi connectivity index (χ2n) is 5.90. The number of rotatable bonds is 4. The van der Waals surface area contributed by atoms with Crippen LogP contribution in [0.3, 0.4) is 0 Å². The Hall–Kier alpha value is -2.37. The summed E-state index contributed by atoms with van der Waals surface area (Å²) >= 11 is 12.6. The minimum absolute atomic E-state index is 0.474. The Morgan fingerprint density at radius 2 is 1.96 bits per heavy atom. The average molecular weight is 390 g/mol. The number of halogens is 2. The molecule has 1 aliphatic heterocycles. The predicted molar refractivity (Wildman–Crippen MR) is 104 cm³/mol. The van der Waals surface area contributed by atoms with E-state index >= 15 is 0 Å². The van der Waals surface area contributed by atoms with Crippen molar-refractivity contribution >= 4 is 29.0 Å². The molecule has 7 heteroatoms. The van der Waals surface area contributed by atoms with Crippen LogP contribution in [-0.4, -0.2) is 30.5 Å². The van der Waals surface area contributed by atoms with Crippen LogP contribution in [0.25, 0.3) is 16.9 Å². The first-order chi connectivity index (χ1) is 12.6. The number of nitrogens with one attached hydrogen (secondary N) is 1. The summed E-state index contributed by atoms with van der Waals surface area (Å²) in [6, 6.07) is 11.2. The van der Waals surface area contributed by atoms with E-state index in [9.17, 15) is 0 Å². The fourth-order valence-electron chi connectivity index (χ4n) is 3.22. The molecule has 2 heterocycles. The van der Waals surface area contributed by atoms with Crippen LogP contribution >= 0.6 is 23.2 Å². The zero-order chi connectivity index (χ0) is 18.3. The Labute approximate surface area is 161 Å². The van der Waals surface area contributed by atoms with Gasteiger partial charge >= 0.3 is 0 Å². The van der Waals surface area contributed by atoms with E-state index in [0.29, 0.717) is 15.8 Å². The number of nitrogens with zero attached hydrogens (tertiary/aromatic N) is 2. The van der Waals surface area contributed by atoms with Gasteiger partial charge in [0.05, 0.1) is 30.0 Å². The van der Waals surface area contributed by atoms with Crippen molar-refractivity contribution in [1.29, 1.82) is 0 Å². The fraction of sp³-hybridized carbons (Fsp3) is 0.211. The highest BCUT2D eigenvalue weighted by Gasteiger charge is 2.26. The van der Waals surface area contributed by atoms with Gasteiger partial charge in [0.2, 0.25) is 0 Å². The largest absolute Gasteiger partial charge is 0.497 e. The molecule has 1 aliphatic rings. The van der Waals surface area contributed by atoms with Crippen LogP contribution in [-0.2, 0) is 6.42 Å². The SMILES string of the molecule is COc1ccc(-c2nn(-c3cccc(Cl)c3Cl)c3c2CCN3)c(OC)c1. The van der Waals surface area contributed by atoms with Gasteiger partial charge in [-0.05, 0) is 30.7 Å². The maximum Gasteiger partial charge on any atom is 0.133 e. The third-order valence-corrected chi connectivity index (χ3v) is 5.28. The van der Waals surface area contributed by atoms with E-state index in [4.69, 9.17) is 37.8 Å². The summed E-state index contributed by atoms with van der Waals surface area (Å²) in [5.41, 5.74) is 3.64. The van der Waals surface area contributed by atoms with Gasteiger partial charge in [0.1, 0.15) is 23.0 Å². The number of hydrogen-bond acceptors (Lipinski definition) is 4. The molecule has 4 rings (SSSR count). The first-order valence-electron chi connectivity index (χ1n) is 8.16. The van der Waals surface area contributed by atoms with Crippen molar-refractivity contribution in [3.8, 4) is 28.4 Å². The van der Waals surface area contributed by atoms with Gasteiger partial charge in [0.25, 0.3) is 0 Å². The van der Waals surface area contributed by atoms with Gasteiger partial charge in [-0.2, -0.15) is 5.10 Å². The zero-order valence-corrected chi connectivity index (χ0v) is 15.9. The molecule has 0 fully saturated rings. The molecule has 0 unspecified atom stereocenters. The number of hydrogen-bond donors (Lipinski definition) is 1. The second kappa shape index (κ2) is 6.74. The first kappa shape index (κ1) is 17.1. The van der Waals surface area contributed by atoms with E-state index in [1.165, 1.54) is 0 Å². The van der Waals surface area contributed by atoms with Crippen LogP contribution < -0.4 is 14.8 Å². The molecule has 0 atom stereocenters. The van der Waals surface area contributed by atoms with Crippen molar-refractivity contribution in [2.75, 3.05) is 26.1 Å². The summed E-state index contributed by atoms with van der Waals surface area (Å²) in [4.78, 5) is 0. The van der Waals surface area contributed by atoms with Crippen molar-refractivity contribution in [3.05, 3.63) is 52.0 Å². The molecule has 3 aromatic rings. The van der Waals surface area contributed by atoms with Crippen molar-refractivity contribution in [2.45, 2.75) is 6.42 Å². The lowest BCUT2D eigenvalue weighted by atomic mass is 10.1. The van der Waals surface area contributed by atoms with Crippen molar-refractivity contribution in [3.63, 3.8) is 0 Å². The van der Waals surface area contributed by atoms with E-state index < -0.39 is 0 Å². The van der Waals surface area contributed by atoms with E-state index in [1.807, 2.05) is 35.0 Å². The van der Waals surface area contributed by atoms with Gasteiger partial charge in [-0.3, -0.25) is 0 Å². The molecule has 2 aromatic carbocycles. The van der Waals surface area contributed by atoms with Crippen molar-refractivity contribution in [2.24, 2.45) is 0 Å². The van der Waals surface area contributed by atoms with Gasteiger partial charge in [0.15, 0.2) is 0 Å². The smallest absolute Gasteiger partial charge is 0.133 e. The molecule has 1 aromatic heterocycles. The Morgan fingerprint density at radius 3 is 2.73 bits per heavy atom. The minimum atomic E-state index is 0.474. The summed E-state index contributed by atoms with van der Waals surface area (Å²) in [5, 5.41) is 9.19. The van der Waals surface area contributed by atoms with Crippen LogP contribution in [0.15, 0.2) is 36.4 Å². The fourth-order valence-corrected chi connectivity index (χ4v) is 3.59. The number of methoxy groups -OCH3 is 2. The second-order valence-corrected chi connectivity index (χ2v) is 6.69. The molecule has 0 saturated carbocycles. The molecule has 0 amide bonds. The highest BCUT2D eigenvalue weighted by molar-refractivity contribution is 6.43. The average Bonchev–Trinajstić information content (AvgIpc) is 3.26. The summed E-state index contributed by atoms with van der Waals surface area (Å²) < 4.78 is 12.7. The number of aromatic nitrogens is 2. The molecular weight excluding hydrogens is 373 g/mol. The topological polar surface area (TPSA) is 48.3 Å². The molecule has 0 aliphatic carbocycles. The normalized spacial score (nSPS) is 12.6. The Balaban J connectivity index is 1.92. The van der Waals surface area contributed by atoms with Crippen LogP contribution in [0.4, 0.5) is 5.82 Å². The maximum absolute atomic E-state index is 6.42. The van der Waals surface area contributed by atoms with Crippen molar-refractivity contribution < 1.29 is 9.47 Å². The van der Waals surface area contributed by atoms with E-state index in [1.54, 1.807) is 20.3 Å². The number of fused-ring (bicyclic) bond motifs is 1. The molecule has 26 heavy (non-hydrogen) atoms. The Bertz CT molecular complexity index is 985. The van der Waals surface area contributed by atoms with E-state index in [-0.39, 0.29) is 0 Å². The standard InChI is InChI=1S/C19H17Cl2N3O2/c1-25-11-6-7-12(16(10-11)26-2)18-13-8-9-22-19(13)24(23-18)15-5-3-4-14(20)17(15)21/h3-7,10,22H,8-9H2,1-2H3. The van der Waals surface area contributed by atoms with Crippen LogP contribution in [0.5, 0.6) is 11.5 Å². The first-order valence-corrected chi connectivity index (χ1v) is 8.92. The quantitative estimate of drug-likeness (QED) is 0.693. The molecule has 134 valence electrons. The van der Waals surface area contributed by atoms with Crippen molar-refractivity contribution in [1.82, 2.24) is 9.78 Å². The summed E-state index contributed by atoms with van der Waals surface area (Å²) in [6.07, 6.45) is 0.873. The zero-order valence-electron chi connectivity index (χ0n) is 14.3. The number of ether oxygens (including phenoxy) is 2. The number of benzene rings is 2. The van der Waals surface area contributed by atoms with Crippen LogP contribution in [0.2, 0.25) is 10.0 Å². The molecule has 0 spiro atoms. The van der Waals surface area contributed by atoms with Crippen LogP contribution in [0, 0.1) is 0 Å². The lowest BCUT2D eigenvalue weighted by Gasteiger charge is -2.10. The summed E-state index contributed by atoms with van der Waals surface area (Å²) in [6.45, 7) is 0.844. The molecule has 0 saturated heterocycles. The Morgan fingerprint density at radius 1 is 1.12 bits per heavy atom. The highest BCUT2D eigenvalue weighted by atomic mass is 35.5.